The van der Waals surface area contributed by atoms with E-state index in [1.165, 1.54) is 6.20 Å². The monoisotopic (exact) mass is 503 g/mol. The van der Waals surface area contributed by atoms with Crippen LogP contribution < -0.4 is 10.1 Å². The number of likely N-dealkylation sites (tertiary alicyclic amines) is 1. The lowest BCUT2D eigenvalue weighted by Gasteiger charge is -2.32. The molecule has 6 nitrogen and oxygen atoms in total. The molecule has 0 radical (unpaired) electrons. The summed E-state index contributed by atoms with van der Waals surface area (Å²) in [4.78, 5) is 31.7. The standard InChI is InChI=1S/C27H32F3N3O3/c1-26(13-15-33(17-26)25(35)20-9-11-21(12-10-20)27(28,29)30)18-36-22-8-5-14-31-23(22)24(34)32-16-19-6-3-2-4-7-19/h2-8,14,20-21H,9-13,15-18H2,1H3,(H,32,34)/t20-,21-,26?. The number of halogens is 3. The number of hydrogen-bond acceptors (Lipinski definition) is 4. The highest BCUT2D eigenvalue weighted by Gasteiger charge is 2.44. The highest BCUT2D eigenvalue weighted by atomic mass is 19.4. The van der Waals surface area contributed by atoms with E-state index in [0.717, 1.165) is 5.56 Å². The van der Waals surface area contributed by atoms with E-state index in [9.17, 15) is 22.8 Å². The Kier molecular flexibility index (Phi) is 7.85. The normalized spacial score (nSPS) is 24.4. The minimum Gasteiger partial charge on any atom is -0.490 e. The molecule has 1 N–H and O–H groups in total. The predicted octanol–water partition coefficient (Wildman–Crippen LogP) is 5.00. The van der Waals surface area contributed by atoms with E-state index in [2.05, 4.69) is 10.3 Å². The van der Waals surface area contributed by atoms with Gasteiger partial charge in [0.25, 0.3) is 5.91 Å². The largest absolute Gasteiger partial charge is 0.490 e. The molecule has 2 amide bonds. The molecule has 2 aromatic rings. The van der Waals surface area contributed by atoms with Crippen molar-refractivity contribution in [2.75, 3.05) is 19.7 Å². The van der Waals surface area contributed by atoms with Crippen molar-refractivity contribution >= 4 is 11.8 Å². The minimum absolute atomic E-state index is 0.0181. The molecule has 1 aliphatic heterocycles. The quantitative estimate of drug-likeness (QED) is 0.578. The zero-order valence-electron chi connectivity index (χ0n) is 20.4. The number of benzene rings is 1. The van der Waals surface area contributed by atoms with E-state index in [1.807, 2.05) is 37.3 Å². The minimum atomic E-state index is -4.18. The van der Waals surface area contributed by atoms with Gasteiger partial charge < -0.3 is 15.0 Å². The molecule has 1 aromatic carbocycles. The first-order chi connectivity index (χ1) is 17.1. The number of ether oxygens (including phenoxy) is 1. The number of aromatic nitrogens is 1. The number of carbonyl (C=O) groups is 2. The summed E-state index contributed by atoms with van der Waals surface area (Å²) < 4.78 is 44.9. The summed E-state index contributed by atoms with van der Waals surface area (Å²) in [5.74, 6) is -1.65. The van der Waals surface area contributed by atoms with Gasteiger partial charge in [-0.3, -0.25) is 9.59 Å². The molecule has 1 atom stereocenters. The van der Waals surface area contributed by atoms with Crippen molar-refractivity contribution in [3.8, 4) is 5.75 Å². The van der Waals surface area contributed by atoms with E-state index < -0.39 is 12.1 Å². The van der Waals surface area contributed by atoms with Gasteiger partial charge in [-0.25, -0.2) is 4.98 Å². The Bertz CT molecular complexity index is 1050. The van der Waals surface area contributed by atoms with E-state index >= 15 is 0 Å². The summed E-state index contributed by atoms with van der Waals surface area (Å²) in [6.45, 7) is 3.71. The van der Waals surface area contributed by atoms with Crippen LogP contribution in [0.3, 0.4) is 0 Å². The van der Waals surface area contributed by atoms with E-state index in [-0.39, 0.29) is 54.5 Å². The van der Waals surface area contributed by atoms with Gasteiger partial charge in [-0.05, 0) is 49.8 Å². The van der Waals surface area contributed by atoms with Crippen LogP contribution in [0.1, 0.15) is 55.1 Å². The van der Waals surface area contributed by atoms with Crippen LogP contribution in [0.4, 0.5) is 13.2 Å². The second kappa shape index (κ2) is 10.9. The average Bonchev–Trinajstić information content (AvgIpc) is 3.28. The number of amides is 2. The van der Waals surface area contributed by atoms with E-state index in [1.54, 1.807) is 17.0 Å². The number of pyridine rings is 1. The molecule has 2 fully saturated rings. The van der Waals surface area contributed by atoms with Gasteiger partial charge in [0.1, 0.15) is 0 Å². The molecule has 1 unspecified atom stereocenters. The summed E-state index contributed by atoms with van der Waals surface area (Å²) >= 11 is 0. The molecular weight excluding hydrogens is 471 g/mol. The fourth-order valence-corrected chi connectivity index (χ4v) is 5.05. The van der Waals surface area contributed by atoms with Gasteiger partial charge in [-0.1, -0.05) is 37.3 Å². The van der Waals surface area contributed by atoms with Crippen LogP contribution >= 0.6 is 0 Å². The third kappa shape index (κ3) is 6.36. The molecular formula is C27H32F3N3O3. The Morgan fingerprint density at radius 2 is 1.83 bits per heavy atom. The van der Waals surface area contributed by atoms with Gasteiger partial charge in [0.05, 0.1) is 12.5 Å². The Morgan fingerprint density at radius 1 is 1.11 bits per heavy atom. The highest BCUT2D eigenvalue weighted by molar-refractivity contribution is 5.94. The number of alkyl halides is 3. The molecule has 0 bridgehead atoms. The number of carbonyl (C=O) groups excluding carboxylic acids is 2. The van der Waals surface area contributed by atoms with Crippen LogP contribution in [0.15, 0.2) is 48.7 Å². The van der Waals surface area contributed by atoms with E-state index in [4.69, 9.17) is 4.74 Å². The number of nitrogens with one attached hydrogen (secondary N) is 1. The van der Waals surface area contributed by atoms with Crippen LogP contribution in [0.25, 0.3) is 0 Å². The second-order valence-electron chi connectivity index (χ2n) is 10.2. The van der Waals surface area contributed by atoms with Gasteiger partial charge in [0.2, 0.25) is 5.91 Å². The molecule has 1 aromatic heterocycles. The number of nitrogens with zero attached hydrogens (tertiary/aromatic N) is 2. The molecule has 1 aliphatic carbocycles. The summed E-state index contributed by atoms with van der Waals surface area (Å²) in [5, 5.41) is 2.86. The first-order valence-corrected chi connectivity index (χ1v) is 12.4. The zero-order chi connectivity index (χ0) is 25.8. The molecule has 4 rings (SSSR count). The Hall–Kier alpha value is -3.10. The predicted molar refractivity (Wildman–Crippen MR) is 128 cm³/mol. The van der Waals surface area contributed by atoms with Crippen molar-refractivity contribution in [2.45, 2.75) is 51.7 Å². The van der Waals surface area contributed by atoms with Crippen molar-refractivity contribution in [3.05, 3.63) is 59.9 Å². The first-order valence-electron chi connectivity index (χ1n) is 12.4. The molecule has 2 heterocycles. The van der Waals surface area contributed by atoms with Crippen molar-refractivity contribution < 1.29 is 27.5 Å². The van der Waals surface area contributed by atoms with Crippen LogP contribution in [-0.2, 0) is 11.3 Å². The lowest BCUT2D eigenvalue weighted by molar-refractivity contribution is -0.185. The molecule has 1 saturated heterocycles. The maximum Gasteiger partial charge on any atom is 0.391 e. The van der Waals surface area contributed by atoms with Gasteiger partial charge >= 0.3 is 6.18 Å². The van der Waals surface area contributed by atoms with Crippen molar-refractivity contribution in [2.24, 2.45) is 17.3 Å². The van der Waals surface area contributed by atoms with E-state index in [0.29, 0.717) is 38.4 Å². The fraction of sp³-hybridized carbons (Fsp3) is 0.519. The van der Waals surface area contributed by atoms with Gasteiger partial charge in [0.15, 0.2) is 11.4 Å². The van der Waals surface area contributed by atoms with Gasteiger partial charge in [0, 0.05) is 37.2 Å². The lowest BCUT2D eigenvalue weighted by Crippen LogP contribution is -2.39. The molecule has 1 saturated carbocycles. The molecule has 2 aliphatic rings. The maximum atomic E-state index is 13.0. The molecule has 0 spiro atoms. The summed E-state index contributed by atoms with van der Waals surface area (Å²) in [6, 6.07) is 13.0. The van der Waals surface area contributed by atoms with Crippen molar-refractivity contribution in [1.82, 2.24) is 15.2 Å². The fourth-order valence-electron chi connectivity index (χ4n) is 5.05. The van der Waals surface area contributed by atoms with Gasteiger partial charge in [-0.15, -0.1) is 0 Å². The Balaban J connectivity index is 1.30. The number of rotatable bonds is 7. The maximum absolute atomic E-state index is 13.0. The first kappa shape index (κ1) is 26.0. The highest BCUT2D eigenvalue weighted by Crippen LogP contribution is 2.41. The smallest absolute Gasteiger partial charge is 0.391 e. The SMILES string of the molecule is CC1(COc2cccnc2C(=O)NCc2ccccc2)CCN(C(=O)[C@H]2CC[C@H](C(F)(F)F)CC2)C1. The average molecular weight is 504 g/mol. The van der Waals surface area contributed by atoms with Crippen LogP contribution in [0.2, 0.25) is 0 Å². The van der Waals surface area contributed by atoms with Crippen LogP contribution in [0.5, 0.6) is 5.75 Å². The Morgan fingerprint density at radius 3 is 2.53 bits per heavy atom. The summed E-state index contributed by atoms with van der Waals surface area (Å²) in [6.07, 6.45) is -1.33. The molecule has 36 heavy (non-hydrogen) atoms. The third-order valence-corrected chi connectivity index (χ3v) is 7.27. The molecule has 194 valence electrons. The summed E-state index contributed by atoms with van der Waals surface area (Å²) in [7, 11) is 0. The topological polar surface area (TPSA) is 71.5 Å². The Labute approximate surface area is 209 Å². The van der Waals surface area contributed by atoms with Crippen LogP contribution in [0, 0.1) is 17.3 Å². The third-order valence-electron chi connectivity index (χ3n) is 7.27. The van der Waals surface area contributed by atoms with Crippen molar-refractivity contribution in [3.63, 3.8) is 0 Å². The van der Waals surface area contributed by atoms with Gasteiger partial charge in [-0.2, -0.15) is 13.2 Å². The molecule has 9 heteroatoms. The van der Waals surface area contributed by atoms with Crippen molar-refractivity contribution in [1.29, 1.82) is 0 Å². The lowest BCUT2D eigenvalue weighted by atomic mass is 9.81. The second-order valence-corrected chi connectivity index (χ2v) is 10.2. The zero-order valence-corrected chi connectivity index (χ0v) is 20.4. The number of hydrogen-bond donors (Lipinski definition) is 1. The van der Waals surface area contributed by atoms with Crippen LogP contribution in [-0.4, -0.2) is 47.6 Å². The summed E-state index contributed by atoms with van der Waals surface area (Å²) in [5.41, 5.74) is 0.843.